The number of nitrogens with zero attached hydrogens (tertiary/aromatic N) is 2. The van der Waals surface area contributed by atoms with Gasteiger partial charge in [0.15, 0.2) is 6.61 Å². The summed E-state index contributed by atoms with van der Waals surface area (Å²) in [5.74, 6) is -0.139. The lowest BCUT2D eigenvalue weighted by atomic mass is 9.98. The summed E-state index contributed by atoms with van der Waals surface area (Å²) in [6.07, 6.45) is 3.18. The average molecular weight is 377 g/mol. The lowest BCUT2D eigenvalue weighted by molar-refractivity contribution is -0.151. The van der Waals surface area contributed by atoms with Crippen molar-refractivity contribution in [3.8, 4) is 5.75 Å². The van der Waals surface area contributed by atoms with Crippen LogP contribution in [0.4, 0.5) is 0 Å². The number of ether oxygens (including phenoxy) is 2. The number of halogens is 1. The highest BCUT2D eigenvalue weighted by molar-refractivity contribution is 6.35. The molecule has 6 nitrogen and oxygen atoms in total. The first kappa shape index (κ1) is 18.5. The minimum absolute atomic E-state index is 0.108. The van der Waals surface area contributed by atoms with Gasteiger partial charge in [-0.15, -0.1) is 0 Å². The summed E-state index contributed by atoms with van der Waals surface area (Å²) in [6, 6.07) is 7.09. The number of hydrogen-bond acceptors (Lipinski definition) is 5. The van der Waals surface area contributed by atoms with Crippen molar-refractivity contribution in [2.24, 2.45) is 5.92 Å². The van der Waals surface area contributed by atoms with E-state index >= 15 is 0 Å². The van der Waals surface area contributed by atoms with Crippen LogP contribution in [0.1, 0.15) is 19.8 Å². The number of likely N-dealkylation sites (tertiary alicyclic amines) is 1. The number of esters is 1. The van der Waals surface area contributed by atoms with Gasteiger partial charge in [-0.1, -0.05) is 11.6 Å². The van der Waals surface area contributed by atoms with Crippen LogP contribution in [-0.4, -0.2) is 48.1 Å². The first-order valence-electron chi connectivity index (χ1n) is 8.70. The Morgan fingerprint density at radius 2 is 2.19 bits per heavy atom. The number of aromatic nitrogens is 1. The summed E-state index contributed by atoms with van der Waals surface area (Å²) in [5.41, 5.74) is 0.621. The molecule has 7 heteroatoms. The maximum atomic E-state index is 12.5. The highest BCUT2D eigenvalue weighted by Crippen LogP contribution is 2.29. The lowest BCUT2D eigenvalue weighted by Gasteiger charge is -2.31. The average Bonchev–Trinajstić information content (AvgIpc) is 2.68. The molecule has 0 radical (unpaired) electrons. The van der Waals surface area contributed by atoms with Gasteiger partial charge in [-0.2, -0.15) is 0 Å². The number of fused-ring (bicyclic) bond motifs is 1. The Labute approximate surface area is 157 Å². The van der Waals surface area contributed by atoms with E-state index in [4.69, 9.17) is 21.1 Å². The van der Waals surface area contributed by atoms with Gasteiger partial charge < -0.3 is 14.4 Å². The van der Waals surface area contributed by atoms with Gasteiger partial charge in [0, 0.05) is 24.7 Å². The molecule has 0 saturated carbocycles. The first-order chi connectivity index (χ1) is 12.6. The molecule has 138 valence electrons. The van der Waals surface area contributed by atoms with E-state index in [0.29, 0.717) is 36.0 Å². The maximum Gasteiger partial charge on any atom is 0.310 e. The standard InChI is InChI=1S/C19H21ClN2O4/c1-2-25-19(24)13-5-4-10-22(11-13)17(23)12-26-16-8-7-15(20)14-6-3-9-21-18(14)16/h3,6-9,13H,2,4-5,10-12H2,1H3. The minimum Gasteiger partial charge on any atom is -0.481 e. The highest BCUT2D eigenvalue weighted by atomic mass is 35.5. The van der Waals surface area contributed by atoms with Gasteiger partial charge in [-0.25, -0.2) is 0 Å². The summed E-state index contributed by atoms with van der Waals surface area (Å²) < 4.78 is 10.8. The largest absolute Gasteiger partial charge is 0.481 e. The SMILES string of the molecule is CCOC(=O)C1CCCN(C(=O)COc2ccc(Cl)c3cccnc23)C1. The van der Waals surface area contributed by atoms with Gasteiger partial charge in [-0.3, -0.25) is 14.6 Å². The Kier molecular flexibility index (Phi) is 5.93. The van der Waals surface area contributed by atoms with Crippen molar-refractivity contribution in [2.45, 2.75) is 19.8 Å². The third-order valence-electron chi connectivity index (χ3n) is 4.42. The van der Waals surface area contributed by atoms with E-state index in [-0.39, 0.29) is 24.4 Å². The van der Waals surface area contributed by atoms with Crippen LogP contribution in [0.25, 0.3) is 10.9 Å². The van der Waals surface area contributed by atoms with E-state index in [9.17, 15) is 9.59 Å². The zero-order chi connectivity index (χ0) is 18.5. The van der Waals surface area contributed by atoms with Crippen molar-refractivity contribution in [3.05, 3.63) is 35.5 Å². The molecule has 1 unspecified atom stereocenters. The van der Waals surface area contributed by atoms with Crippen molar-refractivity contribution >= 4 is 34.4 Å². The molecule has 26 heavy (non-hydrogen) atoms. The molecule has 0 spiro atoms. The molecular formula is C19H21ClN2O4. The molecule has 2 aromatic rings. The fourth-order valence-electron chi connectivity index (χ4n) is 3.12. The number of amides is 1. The minimum atomic E-state index is -0.259. The van der Waals surface area contributed by atoms with Gasteiger partial charge >= 0.3 is 5.97 Å². The fourth-order valence-corrected chi connectivity index (χ4v) is 3.33. The van der Waals surface area contributed by atoms with Crippen molar-refractivity contribution in [2.75, 3.05) is 26.3 Å². The normalized spacial score (nSPS) is 17.2. The Bertz CT molecular complexity index is 811. The Morgan fingerprint density at radius 1 is 1.35 bits per heavy atom. The first-order valence-corrected chi connectivity index (χ1v) is 9.08. The molecule has 1 aliphatic rings. The predicted octanol–water partition coefficient (Wildman–Crippen LogP) is 3.07. The molecule has 1 aromatic heterocycles. The molecule has 2 heterocycles. The van der Waals surface area contributed by atoms with E-state index in [1.807, 2.05) is 6.07 Å². The summed E-state index contributed by atoms with van der Waals surface area (Å²) >= 11 is 6.17. The van der Waals surface area contributed by atoms with Gasteiger partial charge in [-0.05, 0) is 44.0 Å². The number of carbonyl (C=O) groups is 2. The van der Waals surface area contributed by atoms with E-state index in [0.717, 1.165) is 18.2 Å². The second-order valence-electron chi connectivity index (χ2n) is 6.16. The number of benzene rings is 1. The zero-order valence-corrected chi connectivity index (χ0v) is 15.4. The number of pyridine rings is 1. The van der Waals surface area contributed by atoms with Crippen LogP contribution in [0.3, 0.4) is 0 Å². The molecule has 0 N–H and O–H groups in total. The predicted molar refractivity (Wildman–Crippen MR) is 98.2 cm³/mol. The van der Waals surface area contributed by atoms with E-state index in [1.165, 1.54) is 0 Å². The van der Waals surface area contributed by atoms with Crippen LogP contribution in [-0.2, 0) is 14.3 Å². The summed E-state index contributed by atoms with van der Waals surface area (Å²) in [4.78, 5) is 30.4. The molecule has 3 rings (SSSR count). The van der Waals surface area contributed by atoms with Gasteiger partial charge in [0.25, 0.3) is 5.91 Å². The monoisotopic (exact) mass is 376 g/mol. The topological polar surface area (TPSA) is 68.7 Å². The second-order valence-corrected chi connectivity index (χ2v) is 6.57. The van der Waals surface area contributed by atoms with Crippen molar-refractivity contribution in [3.63, 3.8) is 0 Å². The molecule has 0 aliphatic carbocycles. The smallest absolute Gasteiger partial charge is 0.310 e. The van der Waals surface area contributed by atoms with Crippen molar-refractivity contribution in [1.29, 1.82) is 0 Å². The van der Waals surface area contributed by atoms with Crippen molar-refractivity contribution < 1.29 is 19.1 Å². The van der Waals surface area contributed by atoms with Crippen LogP contribution >= 0.6 is 11.6 Å². The van der Waals surface area contributed by atoms with E-state index < -0.39 is 0 Å². The van der Waals surface area contributed by atoms with Crippen LogP contribution in [0.15, 0.2) is 30.5 Å². The lowest BCUT2D eigenvalue weighted by Crippen LogP contribution is -2.44. The van der Waals surface area contributed by atoms with E-state index in [1.54, 1.807) is 36.2 Å². The van der Waals surface area contributed by atoms with E-state index in [2.05, 4.69) is 4.98 Å². The van der Waals surface area contributed by atoms with Crippen LogP contribution in [0, 0.1) is 5.92 Å². The van der Waals surface area contributed by atoms with Crippen LogP contribution in [0.5, 0.6) is 5.75 Å². The Balaban J connectivity index is 1.64. The molecule has 1 aromatic carbocycles. The van der Waals surface area contributed by atoms with Crippen LogP contribution in [0.2, 0.25) is 5.02 Å². The van der Waals surface area contributed by atoms with Gasteiger partial charge in [0.1, 0.15) is 11.3 Å². The molecule has 1 amide bonds. The summed E-state index contributed by atoms with van der Waals surface area (Å²) in [6.45, 7) is 3.02. The number of hydrogen-bond donors (Lipinski definition) is 0. The Morgan fingerprint density at radius 3 is 3.00 bits per heavy atom. The summed E-state index contributed by atoms with van der Waals surface area (Å²) in [5, 5.41) is 1.36. The fraction of sp³-hybridized carbons (Fsp3) is 0.421. The molecule has 1 atom stereocenters. The Hall–Kier alpha value is -2.34. The molecule has 1 saturated heterocycles. The molecule has 1 fully saturated rings. The van der Waals surface area contributed by atoms with Gasteiger partial charge in [0.2, 0.25) is 0 Å². The zero-order valence-electron chi connectivity index (χ0n) is 14.6. The third kappa shape index (κ3) is 4.07. The van der Waals surface area contributed by atoms with Crippen LogP contribution < -0.4 is 4.74 Å². The second kappa shape index (κ2) is 8.36. The number of rotatable bonds is 5. The molecule has 1 aliphatic heterocycles. The number of carbonyl (C=O) groups excluding carboxylic acids is 2. The van der Waals surface area contributed by atoms with Gasteiger partial charge in [0.05, 0.1) is 17.5 Å². The third-order valence-corrected chi connectivity index (χ3v) is 4.75. The maximum absolute atomic E-state index is 12.5. The summed E-state index contributed by atoms with van der Waals surface area (Å²) in [7, 11) is 0. The van der Waals surface area contributed by atoms with Crippen molar-refractivity contribution in [1.82, 2.24) is 9.88 Å². The highest BCUT2D eigenvalue weighted by Gasteiger charge is 2.29. The quantitative estimate of drug-likeness (QED) is 0.750. The number of piperidine rings is 1. The molecular weight excluding hydrogens is 356 g/mol. The molecule has 0 bridgehead atoms.